The number of hydrogen-bond acceptors (Lipinski definition) is 5. The molecular formula is C22H16FN3O2Ra. The Morgan fingerprint density at radius 3 is 2.76 bits per heavy atom. The molecule has 0 aliphatic rings. The van der Waals surface area contributed by atoms with Gasteiger partial charge in [-0.15, -0.1) is 0 Å². The molecule has 140 valence electrons. The summed E-state index contributed by atoms with van der Waals surface area (Å²) >= 11 is 0.0243. The number of aromatic nitrogens is 2. The quantitative estimate of drug-likeness (QED) is 0.342. The molecule has 7 heteroatoms. The zero-order chi connectivity index (χ0) is 20.2. The maximum absolute atomic E-state index is 13.3. The first-order valence-electron chi connectivity index (χ1n) is 9.07. The molecule has 1 heterocycles. The number of ether oxygens (including phenoxy) is 1. The van der Waals surface area contributed by atoms with Gasteiger partial charge in [0.25, 0.3) is 0 Å². The average Bonchev–Trinajstić information content (AvgIpc) is 2.73. The average molecular weight is 599 g/mol. The molecule has 1 aromatic heterocycles. The van der Waals surface area contributed by atoms with Gasteiger partial charge in [0.2, 0.25) is 0 Å². The van der Waals surface area contributed by atoms with Crippen LogP contribution in [0.15, 0.2) is 67.0 Å². The fraction of sp³-hybridized carbons (Fsp3) is 0.0455. The summed E-state index contributed by atoms with van der Waals surface area (Å²) in [6, 6.07) is 17.6. The van der Waals surface area contributed by atoms with Crippen molar-refractivity contribution >= 4 is 29.3 Å². The second-order valence-electron chi connectivity index (χ2n) is 6.64. The molecular weight excluding hydrogens is 583 g/mol. The van der Waals surface area contributed by atoms with Gasteiger partial charge in [-0.3, -0.25) is 0 Å². The summed E-state index contributed by atoms with van der Waals surface area (Å²) in [4.78, 5) is 19.7. The second-order valence-corrected chi connectivity index (χ2v) is 11.1. The number of nitrogens with zero attached hydrogens (tertiary/aromatic N) is 2. The standard InChI is InChI=1S/C22H15FN3O2.Ra.H/c23-17-3-1-2-16(10-17)13-28-19-7-5-18(6-8-19)26-22-20-11-15(12-27)4-9-21(20)24-14-25-22;;/h1-7,9-12,14H,13H2,(H,24,25,26);;. The summed E-state index contributed by atoms with van der Waals surface area (Å²) < 4.78 is 20.3. The fourth-order valence-corrected chi connectivity index (χ4v) is 5.62. The first kappa shape index (κ1) is 20.0. The van der Waals surface area contributed by atoms with Gasteiger partial charge in [-0.25, -0.2) is 0 Å². The second kappa shape index (κ2) is 9.00. The van der Waals surface area contributed by atoms with Gasteiger partial charge < -0.3 is 0 Å². The van der Waals surface area contributed by atoms with Gasteiger partial charge >= 0.3 is 198 Å². The van der Waals surface area contributed by atoms with Crippen molar-refractivity contribution in [2.75, 3.05) is 5.32 Å². The molecule has 0 fully saturated rings. The van der Waals surface area contributed by atoms with E-state index in [0.29, 0.717) is 18.0 Å². The van der Waals surface area contributed by atoms with E-state index in [1.807, 2.05) is 24.3 Å². The number of anilines is 2. The molecule has 4 aromatic rings. The van der Waals surface area contributed by atoms with Crippen molar-refractivity contribution in [3.63, 3.8) is 0 Å². The number of rotatable bonds is 6. The van der Waals surface area contributed by atoms with Crippen LogP contribution in [0.3, 0.4) is 0 Å². The van der Waals surface area contributed by atoms with Crippen LogP contribution >= 0.6 is 0 Å². The molecule has 29 heavy (non-hydrogen) atoms. The maximum atomic E-state index is 13.3. The molecule has 5 nitrogen and oxygen atoms in total. The van der Waals surface area contributed by atoms with Gasteiger partial charge in [-0.05, 0) is 0 Å². The van der Waals surface area contributed by atoms with Crippen molar-refractivity contribution in [1.82, 2.24) is 9.97 Å². The Morgan fingerprint density at radius 1 is 1.07 bits per heavy atom. The Hall–Kier alpha value is -2.33. The molecule has 0 bridgehead atoms. The van der Waals surface area contributed by atoms with E-state index < -0.39 is 0 Å². The Kier molecular flexibility index (Phi) is 6.19. The van der Waals surface area contributed by atoms with Crippen molar-refractivity contribution in [3.05, 3.63) is 83.9 Å². The Bertz CT molecular complexity index is 1200. The fourth-order valence-electron chi connectivity index (χ4n) is 3.06. The van der Waals surface area contributed by atoms with Gasteiger partial charge in [0.1, 0.15) is 0 Å². The number of hydrogen-bond donors (Lipinski definition) is 1. The van der Waals surface area contributed by atoms with Crippen molar-refractivity contribution in [2.24, 2.45) is 0 Å². The number of carbonyl (C=O) groups excluding carboxylic acids is 1. The molecule has 3 aromatic carbocycles. The van der Waals surface area contributed by atoms with E-state index in [4.69, 9.17) is 4.74 Å². The Balaban J connectivity index is 1.54. The Labute approximate surface area is 196 Å². The number of nitrogens with one attached hydrogen (secondary N) is 1. The van der Waals surface area contributed by atoms with Gasteiger partial charge in [-0.2, -0.15) is 0 Å². The third kappa shape index (κ3) is 4.81. The van der Waals surface area contributed by atoms with Crippen LogP contribution in [0.5, 0.6) is 5.75 Å². The number of carbonyl (C=O) groups is 1. The molecule has 0 radical (unpaired) electrons. The summed E-state index contributed by atoms with van der Waals surface area (Å²) in [5.41, 5.74) is 3.02. The van der Waals surface area contributed by atoms with Crippen LogP contribution in [-0.2, 0) is 6.61 Å². The van der Waals surface area contributed by atoms with E-state index in [1.54, 1.807) is 24.3 Å². The normalized spacial score (nSPS) is 10.6. The van der Waals surface area contributed by atoms with Gasteiger partial charge in [0.05, 0.1) is 0 Å². The van der Waals surface area contributed by atoms with Crippen LogP contribution in [0.1, 0.15) is 15.9 Å². The molecule has 0 aliphatic heterocycles. The van der Waals surface area contributed by atoms with Crippen LogP contribution in [0, 0.1) is 48.6 Å². The number of aldehydes is 1. The van der Waals surface area contributed by atoms with Gasteiger partial charge in [0.15, 0.2) is 0 Å². The SMILES string of the molecule is O=Cc1ccc2ncnc(Nc3ccc(OCc4cccc(F)c4)[c]([RaH])c3)c2c1. The zero-order valence-corrected chi connectivity index (χ0v) is 23.9. The van der Waals surface area contributed by atoms with Crippen molar-refractivity contribution in [1.29, 1.82) is 0 Å². The summed E-state index contributed by atoms with van der Waals surface area (Å²) in [6.45, 7) is 0.325. The van der Waals surface area contributed by atoms with Crippen molar-refractivity contribution in [2.45, 2.75) is 6.61 Å². The van der Waals surface area contributed by atoms with Crippen LogP contribution in [-0.4, -0.2) is 16.3 Å². The van der Waals surface area contributed by atoms with E-state index in [1.165, 1.54) is 18.5 Å². The molecule has 0 saturated carbocycles. The summed E-state index contributed by atoms with van der Waals surface area (Å²) in [5, 5.41) is 4.10. The summed E-state index contributed by atoms with van der Waals surface area (Å²) in [6.07, 6.45) is 2.30. The predicted octanol–water partition coefficient (Wildman–Crippen LogP) is 3.81. The van der Waals surface area contributed by atoms with Crippen LogP contribution in [0.25, 0.3) is 10.9 Å². The molecule has 0 amide bonds. The monoisotopic (exact) mass is 599 g/mol. The van der Waals surface area contributed by atoms with E-state index in [9.17, 15) is 9.18 Å². The molecule has 0 aliphatic carbocycles. The third-order valence-electron chi connectivity index (χ3n) is 4.52. The van der Waals surface area contributed by atoms with Crippen LogP contribution in [0.2, 0.25) is 0 Å². The summed E-state index contributed by atoms with van der Waals surface area (Å²) in [5.74, 6) is 1.20. The van der Waals surface area contributed by atoms with E-state index >= 15 is 0 Å². The minimum atomic E-state index is -0.266. The number of halogens is 1. The molecule has 0 atom stereocenters. The minimum absolute atomic E-state index is 0.0243. The molecule has 0 unspecified atom stereocenters. The predicted molar refractivity (Wildman–Crippen MR) is 106 cm³/mol. The number of fused-ring (bicyclic) bond motifs is 1. The molecule has 1 N–H and O–H groups in total. The van der Waals surface area contributed by atoms with E-state index in [0.717, 1.165) is 34.8 Å². The van der Waals surface area contributed by atoms with E-state index in [2.05, 4.69) is 15.3 Å². The van der Waals surface area contributed by atoms with Gasteiger partial charge in [0, 0.05) is 0 Å². The molecule has 0 saturated heterocycles. The number of benzene rings is 3. The topological polar surface area (TPSA) is 64.1 Å². The molecule has 4 rings (SSSR count). The van der Waals surface area contributed by atoms with Crippen LogP contribution in [0.4, 0.5) is 15.9 Å². The van der Waals surface area contributed by atoms with Crippen LogP contribution < -0.4 is 10.7 Å². The van der Waals surface area contributed by atoms with E-state index in [-0.39, 0.29) is 48.6 Å². The zero-order valence-electron chi connectivity index (χ0n) is 15.7. The van der Waals surface area contributed by atoms with Gasteiger partial charge in [-0.1, -0.05) is 0 Å². The van der Waals surface area contributed by atoms with Crippen molar-refractivity contribution < 1.29 is 56.7 Å². The van der Waals surface area contributed by atoms with Crippen molar-refractivity contribution in [3.8, 4) is 5.75 Å². The Morgan fingerprint density at radius 2 is 1.97 bits per heavy atom. The first-order chi connectivity index (χ1) is 14.1. The third-order valence-corrected chi connectivity index (χ3v) is 7.73. The first-order valence-corrected chi connectivity index (χ1v) is 13.2. The molecule has 0 spiro atoms. The summed E-state index contributed by atoms with van der Waals surface area (Å²) in [7, 11) is 0.